The number of hydrogen-bond donors (Lipinski definition) is 2. The van der Waals surface area contributed by atoms with Crippen molar-refractivity contribution in [1.29, 1.82) is 0 Å². The molecule has 6 nitrogen and oxygen atoms in total. The molecule has 1 amide bonds. The van der Waals surface area contributed by atoms with Crippen molar-refractivity contribution in [2.24, 2.45) is 0 Å². The van der Waals surface area contributed by atoms with Crippen molar-refractivity contribution in [3.8, 4) is 5.75 Å². The molecule has 0 bridgehead atoms. The summed E-state index contributed by atoms with van der Waals surface area (Å²) in [4.78, 5) is 18.1. The molecule has 110 valence electrons. The highest BCUT2D eigenvalue weighted by molar-refractivity contribution is 7.13. The van der Waals surface area contributed by atoms with Gasteiger partial charge < -0.3 is 20.7 Å². The Morgan fingerprint density at radius 2 is 2.48 bits per heavy atom. The van der Waals surface area contributed by atoms with Gasteiger partial charge in [-0.1, -0.05) is 0 Å². The van der Waals surface area contributed by atoms with Crippen molar-refractivity contribution < 1.29 is 9.53 Å². The van der Waals surface area contributed by atoms with E-state index in [-0.39, 0.29) is 18.6 Å². The van der Waals surface area contributed by atoms with Gasteiger partial charge in [-0.25, -0.2) is 4.98 Å². The lowest BCUT2D eigenvalue weighted by molar-refractivity contribution is -0.115. The number of amides is 1. The molecule has 1 unspecified atom stereocenters. The first-order valence-corrected chi connectivity index (χ1v) is 7.50. The fourth-order valence-electron chi connectivity index (χ4n) is 2.32. The summed E-state index contributed by atoms with van der Waals surface area (Å²) in [7, 11) is 0. The maximum Gasteiger partial charge on any atom is 0.245 e. The number of nitrogens with one attached hydrogen (secondary N) is 1. The number of carbonyl (C=O) groups is 1. The van der Waals surface area contributed by atoms with Gasteiger partial charge in [0.25, 0.3) is 0 Å². The molecule has 0 saturated heterocycles. The SMILES string of the molecule is CC1CN(CC(=O)Nc2nccs2)c2ccc(N)cc2O1. The van der Waals surface area contributed by atoms with E-state index in [0.717, 1.165) is 11.4 Å². The van der Waals surface area contributed by atoms with Crippen LogP contribution in [-0.2, 0) is 4.79 Å². The number of thiazole rings is 1. The van der Waals surface area contributed by atoms with Gasteiger partial charge in [0.05, 0.1) is 18.8 Å². The number of fused-ring (bicyclic) bond motifs is 1. The standard InChI is InChI=1S/C14H16N4O2S/c1-9-7-18(8-13(19)17-14-16-4-5-21-14)11-3-2-10(15)6-12(11)20-9/h2-6,9H,7-8,15H2,1H3,(H,16,17,19). The maximum atomic E-state index is 12.1. The van der Waals surface area contributed by atoms with Crippen LogP contribution >= 0.6 is 11.3 Å². The predicted octanol–water partition coefficient (Wildman–Crippen LogP) is 1.95. The van der Waals surface area contributed by atoms with Crippen molar-refractivity contribution in [3.63, 3.8) is 0 Å². The minimum absolute atomic E-state index is 0.00645. The smallest absolute Gasteiger partial charge is 0.245 e. The van der Waals surface area contributed by atoms with E-state index in [9.17, 15) is 4.79 Å². The first-order valence-electron chi connectivity index (χ1n) is 6.62. The van der Waals surface area contributed by atoms with Gasteiger partial charge in [-0.3, -0.25) is 4.79 Å². The summed E-state index contributed by atoms with van der Waals surface area (Å²) in [6.07, 6.45) is 1.67. The lowest BCUT2D eigenvalue weighted by Gasteiger charge is -2.34. The van der Waals surface area contributed by atoms with Gasteiger partial charge >= 0.3 is 0 Å². The van der Waals surface area contributed by atoms with Crippen LogP contribution in [0.25, 0.3) is 0 Å². The summed E-state index contributed by atoms with van der Waals surface area (Å²) in [5, 5.41) is 5.22. The zero-order valence-corrected chi connectivity index (χ0v) is 12.4. The molecule has 0 fully saturated rings. The molecule has 0 radical (unpaired) electrons. The molecular weight excluding hydrogens is 288 g/mol. The van der Waals surface area contributed by atoms with Crippen LogP contribution in [0.4, 0.5) is 16.5 Å². The molecule has 3 N–H and O–H groups in total. The van der Waals surface area contributed by atoms with E-state index in [1.807, 2.05) is 29.3 Å². The fraction of sp³-hybridized carbons (Fsp3) is 0.286. The first-order chi connectivity index (χ1) is 10.1. The van der Waals surface area contributed by atoms with E-state index in [1.165, 1.54) is 11.3 Å². The summed E-state index contributed by atoms with van der Waals surface area (Å²) in [6, 6.07) is 5.48. The average molecular weight is 304 g/mol. The summed E-state index contributed by atoms with van der Waals surface area (Å²) in [5.74, 6) is 0.623. The summed E-state index contributed by atoms with van der Waals surface area (Å²) in [6.45, 7) is 2.88. The minimum atomic E-state index is -0.0955. The van der Waals surface area contributed by atoms with Gasteiger partial charge in [0.2, 0.25) is 5.91 Å². The Morgan fingerprint density at radius 1 is 1.62 bits per heavy atom. The van der Waals surface area contributed by atoms with Gasteiger partial charge in [-0.15, -0.1) is 11.3 Å². The first kappa shape index (κ1) is 13.7. The molecular formula is C14H16N4O2S. The van der Waals surface area contributed by atoms with Crippen molar-refractivity contribution >= 4 is 33.8 Å². The van der Waals surface area contributed by atoms with Crippen molar-refractivity contribution in [1.82, 2.24) is 4.98 Å². The number of nitrogen functional groups attached to an aromatic ring is 1. The van der Waals surface area contributed by atoms with Crippen LogP contribution in [0.5, 0.6) is 5.75 Å². The van der Waals surface area contributed by atoms with Crippen LogP contribution in [0.3, 0.4) is 0 Å². The number of hydrogen-bond acceptors (Lipinski definition) is 6. The molecule has 1 aromatic heterocycles. The summed E-state index contributed by atoms with van der Waals surface area (Å²) < 4.78 is 5.77. The van der Waals surface area contributed by atoms with Gasteiger partial charge in [0.1, 0.15) is 11.9 Å². The number of nitrogens with zero attached hydrogens (tertiary/aromatic N) is 2. The second-order valence-electron chi connectivity index (χ2n) is 4.92. The Kier molecular flexibility index (Phi) is 3.66. The van der Waals surface area contributed by atoms with E-state index in [4.69, 9.17) is 10.5 Å². The van der Waals surface area contributed by atoms with Crippen LogP contribution in [0.15, 0.2) is 29.8 Å². The molecule has 7 heteroatoms. The maximum absolute atomic E-state index is 12.1. The highest BCUT2D eigenvalue weighted by Gasteiger charge is 2.24. The Balaban J connectivity index is 1.75. The van der Waals surface area contributed by atoms with Crippen molar-refractivity contribution in [2.45, 2.75) is 13.0 Å². The quantitative estimate of drug-likeness (QED) is 0.847. The molecule has 0 saturated carbocycles. The van der Waals surface area contributed by atoms with Gasteiger partial charge in [0, 0.05) is 23.3 Å². The monoisotopic (exact) mass is 304 g/mol. The van der Waals surface area contributed by atoms with Gasteiger partial charge in [-0.05, 0) is 19.1 Å². The molecule has 0 aliphatic carbocycles. The second-order valence-corrected chi connectivity index (χ2v) is 5.82. The van der Waals surface area contributed by atoms with E-state index in [0.29, 0.717) is 17.4 Å². The van der Waals surface area contributed by atoms with E-state index in [1.54, 1.807) is 12.3 Å². The van der Waals surface area contributed by atoms with Gasteiger partial charge in [0.15, 0.2) is 5.13 Å². The number of ether oxygens (including phenoxy) is 1. The number of anilines is 3. The lowest BCUT2D eigenvalue weighted by Crippen LogP contribution is -2.42. The Labute approximate surface area is 126 Å². The van der Waals surface area contributed by atoms with Crippen LogP contribution in [0, 0.1) is 0 Å². The van der Waals surface area contributed by atoms with Crippen LogP contribution in [0.1, 0.15) is 6.92 Å². The third-order valence-corrected chi connectivity index (χ3v) is 3.83. The number of carbonyl (C=O) groups excluding carboxylic acids is 1. The Morgan fingerprint density at radius 3 is 3.24 bits per heavy atom. The zero-order valence-electron chi connectivity index (χ0n) is 11.6. The van der Waals surface area contributed by atoms with Gasteiger partial charge in [-0.2, -0.15) is 0 Å². The molecule has 1 aliphatic heterocycles. The predicted molar refractivity (Wildman–Crippen MR) is 83.9 cm³/mol. The highest BCUT2D eigenvalue weighted by atomic mass is 32.1. The number of benzene rings is 1. The van der Waals surface area contributed by atoms with Crippen molar-refractivity contribution in [2.75, 3.05) is 29.0 Å². The van der Waals surface area contributed by atoms with Crippen LogP contribution < -0.4 is 20.7 Å². The normalized spacial score (nSPS) is 17.0. The van der Waals surface area contributed by atoms with Crippen LogP contribution in [0.2, 0.25) is 0 Å². The van der Waals surface area contributed by atoms with E-state index < -0.39 is 0 Å². The second kappa shape index (κ2) is 5.61. The molecule has 3 rings (SSSR count). The zero-order chi connectivity index (χ0) is 14.8. The van der Waals surface area contributed by atoms with Crippen LogP contribution in [-0.4, -0.2) is 30.1 Å². The molecule has 2 heterocycles. The molecule has 2 aromatic rings. The fourth-order valence-corrected chi connectivity index (χ4v) is 2.86. The molecule has 1 aliphatic rings. The highest BCUT2D eigenvalue weighted by Crippen LogP contribution is 2.34. The molecule has 0 spiro atoms. The Hall–Kier alpha value is -2.28. The lowest BCUT2D eigenvalue weighted by atomic mass is 10.2. The number of aromatic nitrogens is 1. The summed E-state index contributed by atoms with van der Waals surface area (Å²) in [5.41, 5.74) is 7.31. The molecule has 21 heavy (non-hydrogen) atoms. The third kappa shape index (κ3) is 3.08. The largest absolute Gasteiger partial charge is 0.487 e. The Bertz CT molecular complexity index is 644. The van der Waals surface area contributed by atoms with E-state index >= 15 is 0 Å². The summed E-state index contributed by atoms with van der Waals surface area (Å²) >= 11 is 1.40. The van der Waals surface area contributed by atoms with E-state index in [2.05, 4.69) is 10.3 Å². The minimum Gasteiger partial charge on any atom is -0.487 e. The number of rotatable bonds is 3. The molecule has 1 aromatic carbocycles. The topological polar surface area (TPSA) is 80.5 Å². The molecule has 1 atom stereocenters. The third-order valence-electron chi connectivity index (χ3n) is 3.14. The average Bonchev–Trinajstić information content (AvgIpc) is 2.90. The van der Waals surface area contributed by atoms with Crippen molar-refractivity contribution in [3.05, 3.63) is 29.8 Å². The number of nitrogens with two attached hydrogens (primary N) is 1.